The van der Waals surface area contributed by atoms with Crippen molar-refractivity contribution in [2.75, 3.05) is 26.1 Å². The summed E-state index contributed by atoms with van der Waals surface area (Å²) in [6, 6.07) is 10.0. The first-order chi connectivity index (χ1) is 13.9. The summed E-state index contributed by atoms with van der Waals surface area (Å²) < 4.78 is 49.6. The van der Waals surface area contributed by atoms with Crippen molar-refractivity contribution >= 4 is 5.82 Å². The molecule has 3 rings (SSSR count). The molecular formula is C20H19F3N4O2. The van der Waals surface area contributed by atoms with Crippen molar-refractivity contribution in [2.45, 2.75) is 12.5 Å². The maximum Gasteiger partial charge on any atom is 0.416 e. The van der Waals surface area contributed by atoms with Crippen LogP contribution in [-0.4, -0.2) is 42.0 Å². The predicted octanol–water partition coefficient (Wildman–Crippen LogP) is 4.26. The number of methoxy groups -OCH3 is 2. The van der Waals surface area contributed by atoms with Gasteiger partial charge in [-0.1, -0.05) is 12.1 Å². The predicted molar refractivity (Wildman–Crippen MR) is 102 cm³/mol. The zero-order valence-corrected chi connectivity index (χ0v) is 15.8. The normalized spacial score (nSPS) is 11.7. The van der Waals surface area contributed by atoms with Gasteiger partial charge in [-0.15, -0.1) is 0 Å². The van der Waals surface area contributed by atoms with Crippen LogP contribution in [0, 0.1) is 0 Å². The highest BCUT2D eigenvalue weighted by Gasteiger charge is 2.30. The third kappa shape index (κ3) is 5.27. The monoisotopic (exact) mass is 404 g/mol. The number of hydrogen-bond donors (Lipinski definition) is 1. The Morgan fingerprint density at radius 1 is 0.966 bits per heavy atom. The number of anilines is 1. The molecule has 0 unspecified atom stereocenters. The first-order valence-electron chi connectivity index (χ1n) is 8.67. The zero-order valence-electron chi connectivity index (χ0n) is 15.8. The molecule has 1 N–H and O–H groups in total. The molecule has 0 amide bonds. The van der Waals surface area contributed by atoms with Crippen LogP contribution in [0.1, 0.15) is 5.56 Å². The molecule has 0 fully saturated rings. The summed E-state index contributed by atoms with van der Waals surface area (Å²) in [5.41, 5.74) is 0.627. The fraction of sp³-hybridized carbons (Fsp3) is 0.250. The molecule has 9 heteroatoms. The minimum Gasteiger partial charge on any atom is -0.365 e. The molecule has 0 radical (unpaired) electrons. The van der Waals surface area contributed by atoms with Gasteiger partial charge < -0.3 is 14.8 Å². The highest BCUT2D eigenvalue weighted by atomic mass is 19.4. The zero-order chi connectivity index (χ0) is 20.9. The van der Waals surface area contributed by atoms with E-state index in [1.54, 1.807) is 36.7 Å². The maximum atomic E-state index is 13.1. The number of benzene rings is 1. The summed E-state index contributed by atoms with van der Waals surface area (Å²) in [5, 5.41) is 3.07. The second-order valence-electron chi connectivity index (χ2n) is 6.06. The highest BCUT2D eigenvalue weighted by Crippen LogP contribution is 2.32. The summed E-state index contributed by atoms with van der Waals surface area (Å²) in [4.78, 5) is 12.9. The van der Waals surface area contributed by atoms with Crippen LogP contribution in [0.2, 0.25) is 0 Å². The number of rotatable bonds is 7. The Morgan fingerprint density at radius 3 is 2.34 bits per heavy atom. The Labute approximate surface area is 165 Å². The number of nitrogens with zero attached hydrogens (tertiary/aromatic N) is 3. The summed E-state index contributed by atoms with van der Waals surface area (Å²) in [7, 11) is 3.01. The largest absolute Gasteiger partial charge is 0.416 e. The van der Waals surface area contributed by atoms with E-state index in [1.165, 1.54) is 20.3 Å². The van der Waals surface area contributed by atoms with Crippen molar-refractivity contribution in [3.8, 4) is 22.6 Å². The maximum absolute atomic E-state index is 13.1. The minimum absolute atomic E-state index is 0.293. The van der Waals surface area contributed by atoms with Crippen LogP contribution in [0.5, 0.6) is 0 Å². The first kappa shape index (κ1) is 20.7. The third-order valence-electron chi connectivity index (χ3n) is 4.13. The molecule has 0 aliphatic heterocycles. The van der Waals surface area contributed by atoms with E-state index in [4.69, 9.17) is 9.47 Å². The SMILES string of the molecule is COC(CNc1cc(-c2cccc(C(F)(F)F)c2)nc(-c2ccncc2)n1)OC. The van der Waals surface area contributed by atoms with E-state index >= 15 is 0 Å². The molecule has 0 aliphatic rings. The topological polar surface area (TPSA) is 69.2 Å². The molecule has 29 heavy (non-hydrogen) atoms. The average molecular weight is 404 g/mol. The highest BCUT2D eigenvalue weighted by molar-refractivity contribution is 5.68. The molecule has 6 nitrogen and oxygen atoms in total. The lowest BCUT2D eigenvalue weighted by molar-refractivity contribution is -0.137. The summed E-state index contributed by atoms with van der Waals surface area (Å²) in [5.74, 6) is 0.787. The Hall–Kier alpha value is -3.04. The van der Waals surface area contributed by atoms with E-state index in [0.29, 0.717) is 35.0 Å². The van der Waals surface area contributed by atoms with E-state index in [0.717, 1.165) is 12.1 Å². The van der Waals surface area contributed by atoms with E-state index in [2.05, 4.69) is 20.3 Å². The third-order valence-corrected chi connectivity index (χ3v) is 4.13. The molecule has 3 aromatic rings. The van der Waals surface area contributed by atoms with E-state index in [-0.39, 0.29) is 0 Å². The van der Waals surface area contributed by atoms with Crippen molar-refractivity contribution in [2.24, 2.45) is 0 Å². The first-order valence-corrected chi connectivity index (χ1v) is 8.67. The van der Waals surface area contributed by atoms with Gasteiger partial charge in [-0.2, -0.15) is 13.2 Å². The van der Waals surface area contributed by atoms with E-state index < -0.39 is 18.0 Å². The number of halogens is 3. The smallest absolute Gasteiger partial charge is 0.365 e. The lowest BCUT2D eigenvalue weighted by Gasteiger charge is -2.16. The fourth-order valence-corrected chi connectivity index (χ4v) is 2.62. The van der Waals surface area contributed by atoms with Gasteiger partial charge in [0.2, 0.25) is 0 Å². The molecule has 0 saturated carbocycles. The van der Waals surface area contributed by atoms with Crippen molar-refractivity contribution in [1.82, 2.24) is 15.0 Å². The number of nitrogens with one attached hydrogen (secondary N) is 1. The molecule has 0 atom stereocenters. The lowest BCUT2D eigenvalue weighted by Crippen LogP contribution is -2.24. The quantitative estimate of drug-likeness (QED) is 0.594. The fourth-order valence-electron chi connectivity index (χ4n) is 2.62. The van der Waals surface area contributed by atoms with Gasteiger partial charge in [-0.05, 0) is 24.3 Å². The van der Waals surface area contributed by atoms with Crippen LogP contribution in [0.4, 0.5) is 19.0 Å². The number of pyridine rings is 1. The van der Waals surface area contributed by atoms with Gasteiger partial charge in [0.15, 0.2) is 12.1 Å². The Balaban J connectivity index is 2.03. The second kappa shape index (κ2) is 8.97. The molecule has 1 aromatic carbocycles. The summed E-state index contributed by atoms with van der Waals surface area (Å²) >= 11 is 0. The number of alkyl halides is 3. The minimum atomic E-state index is -4.44. The Kier molecular flexibility index (Phi) is 6.40. The van der Waals surface area contributed by atoms with Gasteiger partial charge >= 0.3 is 6.18 Å². The molecule has 152 valence electrons. The Morgan fingerprint density at radius 2 is 1.69 bits per heavy atom. The van der Waals surface area contributed by atoms with Gasteiger partial charge in [0.25, 0.3) is 0 Å². The summed E-state index contributed by atoms with van der Waals surface area (Å²) in [6.07, 6.45) is -1.77. The molecule has 2 heterocycles. The molecule has 0 saturated heterocycles. The van der Waals surface area contributed by atoms with Crippen molar-refractivity contribution < 1.29 is 22.6 Å². The Bertz CT molecular complexity index is 948. The van der Waals surface area contributed by atoms with Crippen molar-refractivity contribution in [3.05, 3.63) is 60.4 Å². The van der Waals surface area contributed by atoms with Gasteiger partial charge in [0.05, 0.1) is 17.8 Å². The standard InChI is InChI=1S/C20H19F3N4O2/c1-28-18(29-2)12-25-17-11-16(14-4-3-5-15(10-14)20(21,22)23)26-19(27-17)13-6-8-24-9-7-13/h3-11,18H,12H2,1-2H3,(H,25,26,27). The van der Waals surface area contributed by atoms with Gasteiger partial charge in [-0.25, -0.2) is 9.97 Å². The van der Waals surface area contributed by atoms with Crippen LogP contribution >= 0.6 is 0 Å². The average Bonchev–Trinajstić information content (AvgIpc) is 2.74. The van der Waals surface area contributed by atoms with Gasteiger partial charge in [-0.3, -0.25) is 4.98 Å². The van der Waals surface area contributed by atoms with Crippen molar-refractivity contribution in [1.29, 1.82) is 0 Å². The van der Waals surface area contributed by atoms with Crippen LogP contribution in [0.25, 0.3) is 22.6 Å². The molecule has 0 aliphatic carbocycles. The van der Waals surface area contributed by atoms with Crippen LogP contribution < -0.4 is 5.32 Å². The molecule has 2 aromatic heterocycles. The molecule has 0 spiro atoms. The van der Waals surface area contributed by atoms with Crippen molar-refractivity contribution in [3.63, 3.8) is 0 Å². The van der Waals surface area contributed by atoms with Crippen LogP contribution in [0.15, 0.2) is 54.9 Å². The van der Waals surface area contributed by atoms with Crippen LogP contribution in [0.3, 0.4) is 0 Å². The number of aromatic nitrogens is 3. The van der Waals surface area contributed by atoms with Gasteiger partial charge in [0, 0.05) is 43.8 Å². The second-order valence-corrected chi connectivity index (χ2v) is 6.06. The van der Waals surface area contributed by atoms with E-state index in [1.807, 2.05) is 0 Å². The number of ether oxygens (including phenoxy) is 2. The van der Waals surface area contributed by atoms with Crippen LogP contribution in [-0.2, 0) is 15.7 Å². The lowest BCUT2D eigenvalue weighted by atomic mass is 10.1. The van der Waals surface area contributed by atoms with Gasteiger partial charge in [0.1, 0.15) is 5.82 Å². The molecule has 0 bridgehead atoms. The number of hydrogen-bond acceptors (Lipinski definition) is 6. The summed E-state index contributed by atoms with van der Waals surface area (Å²) in [6.45, 7) is 0.293. The van der Waals surface area contributed by atoms with E-state index in [9.17, 15) is 13.2 Å². The molecular weight excluding hydrogens is 385 g/mol.